The molecule has 0 atom stereocenters. The molecule has 0 N–H and O–H groups in total. The van der Waals surface area contributed by atoms with Gasteiger partial charge in [0.05, 0.1) is 11.1 Å². The molecule has 0 radical (unpaired) electrons. The van der Waals surface area contributed by atoms with Gasteiger partial charge in [-0.25, -0.2) is 0 Å². The molecule has 1 nitrogen and oxygen atoms in total. The summed E-state index contributed by atoms with van der Waals surface area (Å²) in [5, 5.41) is 2.56. The summed E-state index contributed by atoms with van der Waals surface area (Å²) in [6.07, 6.45) is 0. The third kappa shape index (κ3) is 4.54. The third-order valence-electron chi connectivity index (χ3n) is 10.6. The van der Waals surface area contributed by atoms with Crippen LogP contribution >= 0.6 is 11.3 Å². The van der Waals surface area contributed by atoms with Crippen molar-refractivity contribution >= 4 is 48.6 Å². The molecule has 8 aromatic carbocycles. The number of thiophene rings is 1. The van der Waals surface area contributed by atoms with Crippen molar-refractivity contribution < 1.29 is 0 Å². The fourth-order valence-electron chi connectivity index (χ4n) is 8.43. The Balaban J connectivity index is 1.24. The Morgan fingerprint density at radius 3 is 1.61 bits per heavy atom. The molecule has 0 amide bonds. The molecule has 0 saturated carbocycles. The first-order chi connectivity index (χ1) is 25.3. The average molecular weight is 668 g/mol. The van der Waals surface area contributed by atoms with Gasteiger partial charge >= 0.3 is 0 Å². The molecule has 0 saturated heterocycles. The molecule has 1 aliphatic rings. The quantitative estimate of drug-likeness (QED) is 0.171. The van der Waals surface area contributed by atoms with Crippen LogP contribution < -0.4 is 4.90 Å². The first kappa shape index (κ1) is 29.7. The van der Waals surface area contributed by atoms with Crippen molar-refractivity contribution in [3.05, 3.63) is 222 Å². The summed E-state index contributed by atoms with van der Waals surface area (Å²) in [5.41, 5.74) is 13.3. The second kappa shape index (κ2) is 12.0. The maximum atomic E-state index is 2.42. The van der Waals surface area contributed by atoms with Gasteiger partial charge in [0.2, 0.25) is 0 Å². The van der Waals surface area contributed by atoms with Crippen molar-refractivity contribution in [2.24, 2.45) is 0 Å². The lowest BCUT2D eigenvalue weighted by molar-refractivity contribution is 0.778. The number of nitrogens with zero attached hydrogens (tertiary/aromatic N) is 1. The largest absolute Gasteiger partial charge is 0.310 e. The molecule has 0 aliphatic heterocycles. The Morgan fingerprint density at radius 2 is 0.922 bits per heavy atom. The van der Waals surface area contributed by atoms with Crippen LogP contribution in [0.3, 0.4) is 0 Å². The minimum absolute atomic E-state index is 0.457. The smallest absolute Gasteiger partial charge is 0.0727 e. The Kier molecular flexibility index (Phi) is 6.97. The predicted octanol–water partition coefficient (Wildman–Crippen LogP) is 13.6. The van der Waals surface area contributed by atoms with Gasteiger partial charge in [-0.15, -0.1) is 11.3 Å². The van der Waals surface area contributed by atoms with E-state index < -0.39 is 5.41 Å². The van der Waals surface area contributed by atoms with Gasteiger partial charge in [-0.2, -0.15) is 0 Å². The van der Waals surface area contributed by atoms with Crippen LogP contribution in [0.2, 0.25) is 0 Å². The van der Waals surface area contributed by atoms with Gasteiger partial charge in [-0.3, -0.25) is 0 Å². The van der Waals surface area contributed by atoms with Crippen molar-refractivity contribution in [2.75, 3.05) is 4.90 Å². The first-order valence-corrected chi connectivity index (χ1v) is 18.3. The molecule has 0 bridgehead atoms. The normalized spacial score (nSPS) is 12.9. The van der Waals surface area contributed by atoms with Gasteiger partial charge in [0.15, 0.2) is 0 Å². The summed E-state index contributed by atoms with van der Waals surface area (Å²) < 4.78 is 2.60. The van der Waals surface area contributed by atoms with Crippen LogP contribution in [0.15, 0.2) is 200 Å². The van der Waals surface area contributed by atoms with Gasteiger partial charge in [0, 0.05) is 31.5 Å². The third-order valence-corrected chi connectivity index (χ3v) is 11.8. The lowest BCUT2D eigenvalue weighted by Gasteiger charge is -2.34. The predicted molar refractivity (Wildman–Crippen MR) is 217 cm³/mol. The summed E-state index contributed by atoms with van der Waals surface area (Å²) in [4.78, 5) is 2.42. The van der Waals surface area contributed by atoms with E-state index in [4.69, 9.17) is 0 Å². The number of para-hydroxylation sites is 1. The average Bonchev–Trinajstić information content (AvgIpc) is 3.74. The first-order valence-electron chi connectivity index (χ1n) is 17.5. The SMILES string of the molecule is c1ccc(-c2ccc(N(c3ccccc3)c3cccc4sc5c(C6(c7ccccc7)c7ccccc7-c7ccccc76)cccc5c34)cc2)cc1. The second-order valence-corrected chi connectivity index (χ2v) is 14.3. The van der Waals surface area contributed by atoms with Crippen molar-refractivity contribution in [3.63, 3.8) is 0 Å². The highest BCUT2D eigenvalue weighted by Gasteiger charge is 2.47. The Morgan fingerprint density at radius 1 is 0.392 bits per heavy atom. The molecule has 1 aliphatic carbocycles. The van der Waals surface area contributed by atoms with Crippen LogP contribution in [0.25, 0.3) is 42.4 Å². The molecule has 1 heterocycles. The van der Waals surface area contributed by atoms with E-state index in [9.17, 15) is 0 Å². The van der Waals surface area contributed by atoms with Crippen molar-refractivity contribution in [3.8, 4) is 22.3 Å². The standard InChI is InChI=1S/C49H33NS/c1-4-16-34(17-5-1)35-30-32-38(33-31-35)50(37-20-8-3-9-21-37)45-28-15-29-46-47(45)41-24-14-27-44(48(41)51-46)49(36-18-6-2-7-19-36)42-25-12-10-22-39(42)40-23-11-13-26-43(40)49/h1-33H. The second-order valence-electron chi connectivity index (χ2n) is 13.2. The summed E-state index contributed by atoms with van der Waals surface area (Å²) in [7, 11) is 0. The van der Waals surface area contributed by atoms with Crippen molar-refractivity contribution in [1.82, 2.24) is 0 Å². The fraction of sp³-hybridized carbons (Fsp3) is 0.0204. The van der Waals surface area contributed by atoms with Crippen LogP contribution in [-0.2, 0) is 5.41 Å². The van der Waals surface area contributed by atoms with Crippen LogP contribution in [-0.4, -0.2) is 0 Å². The van der Waals surface area contributed by atoms with Crippen LogP contribution in [0, 0.1) is 0 Å². The van der Waals surface area contributed by atoms with E-state index >= 15 is 0 Å². The molecule has 10 rings (SSSR count). The molecule has 1 aromatic heterocycles. The number of benzene rings is 8. The van der Waals surface area contributed by atoms with Crippen LogP contribution in [0.1, 0.15) is 22.3 Å². The Labute approximate surface area is 302 Å². The number of hydrogen-bond donors (Lipinski definition) is 0. The maximum absolute atomic E-state index is 2.42. The number of rotatable bonds is 6. The van der Waals surface area contributed by atoms with Gasteiger partial charge < -0.3 is 4.90 Å². The molecular weight excluding hydrogens is 635 g/mol. The highest BCUT2D eigenvalue weighted by molar-refractivity contribution is 7.26. The Bertz CT molecular complexity index is 2630. The number of anilines is 3. The number of fused-ring (bicyclic) bond motifs is 6. The maximum Gasteiger partial charge on any atom is 0.0727 e. The van der Waals surface area contributed by atoms with Gasteiger partial charge in [-0.1, -0.05) is 164 Å². The molecule has 51 heavy (non-hydrogen) atoms. The van der Waals surface area contributed by atoms with Crippen LogP contribution in [0.4, 0.5) is 17.1 Å². The monoisotopic (exact) mass is 667 g/mol. The molecule has 0 spiro atoms. The summed E-state index contributed by atoms with van der Waals surface area (Å²) in [6.45, 7) is 0. The molecule has 0 fully saturated rings. The van der Waals surface area contributed by atoms with E-state index in [1.54, 1.807) is 0 Å². The molecule has 2 heteroatoms. The Hall–Kier alpha value is -6.22. The minimum Gasteiger partial charge on any atom is -0.310 e. The zero-order valence-corrected chi connectivity index (χ0v) is 28.7. The highest BCUT2D eigenvalue weighted by Crippen LogP contribution is 2.58. The zero-order chi connectivity index (χ0) is 33.8. The molecular formula is C49H33NS. The summed E-state index contributed by atoms with van der Waals surface area (Å²) >= 11 is 1.91. The van der Waals surface area contributed by atoms with E-state index in [-0.39, 0.29) is 0 Å². The zero-order valence-electron chi connectivity index (χ0n) is 27.9. The minimum atomic E-state index is -0.457. The van der Waals surface area contributed by atoms with E-state index in [1.807, 2.05) is 11.3 Å². The van der Waals surface area contributed by atoms with Crippen molar-refractivity contribution in [1.29, 1.82) is 0 Å². The molecule has 9 aromatic rings. The summed E-state index contributed by atoms with van der Waals surface area (Å²) in [5.74, 6) is 0. The summed E-state index contributed by atoms with van der Waals surface area (Å²) in [6, 6.07) is 73.3. The lowest BCUT2D eigenvalue weighted by atomic mass is 9.67. The van der Waals surface area contributed by atoms with E-state index in [1.165, 1.54) is 70.4 Å². The van der Waals surface area contributed by atoms with Crippen LogP contribution in [0.5, 0.6) is 0 Å². The van der Waals surface area contributed by atoms with Gasteiger partial charge in [0.1, 0.15) is 0 Å². The van der Waals surface area contributed by atoms with Gasteiger partial charge in [-0.05, 0) is 80.9 Å². The van der Waals surface area contributed by atoms with Crippen molar-refractivity contribution in [2.45, 2.75) is 5.41 Å². The van der Waals surface area contributed by atoms with Gasteiger partial charge in [0.25, 0.3) is 0 Å². The lowest BCUT2D eigenvalue weighted by Crippen LogP contribution is -2.28. The fourth-order valence-corrected chi connectivity index (χ4v) is 9.72. The van der Waals surface area contributed by atoms with E-state index in [0.29, 0.717) is 0 Å². The molecule has 0 unspecified atom stereocenters. The van der Waals surface area contributed by atoms with E-state index in [0.717, 1.165) is 11.4 Å². The highest BCUT2D eigenvalue weighted by atomic mass is 32.1. The van der Waals surface area contributed by atoms with E-state index in [2.05, 4.69) is 205 Å². The topological polar surface area (TPSA) is 3.24 Å². The number of hydrogen-bond acceptors (Lipinski definition) is 2. The molecule has 240 valence electrons.